The standard InChI is InChI=1S/C60H113O11P/c1-4-7-10-13-16-19-22-24-26-27-28-29-31-32-35-37-40-43-46-49-58(62)67-53-57(71-60(64)51-48-45-42-39-36-33-30-25-23-20-17-14-11-8-5-2)55-69-72(65,66)68-54-56(52-61)70-59(63)50-47-44-41-38-34-21-18-15-12-9-6-3/h17,20,25,30,56-57,61H,4-16,18-19,21-24,26-29,31-55H2,1-3H3,(H,65,66)/b20-17-,30-25-. The van der Waals surface area contributed by atoms with Crippen molar-refractivity contribution in [1.82, 2.24) is 0 Å². The molecular formula is C60H113O11P. The summed E-state index contributed by atoms with van der Waals surface area (Å²) < 4.78 is 39.5. The van der Waals surface area contributed by atoms with Gasteiger partial charge in [-0.05, 0) is 51.4 Å². The molecule has 11 nitrogen and oxygen atoms in total. The highest BCUT2D eigenvalue weighted by Crippen LogP contribution is 2.43. The van der Waals surface area contributed by atoms with Crippen LogP contribution < -0.4 is 0 Å². The van der Waals surface area contributed by atoms with Crippen molar-refractivity contribution in [3.63, 3.8) is 0 Å². The van der Waals surface area contributed by atoms with Crippen LogP contribution in [0.5, 0.6) is 0 Å². The van der Waals surface area contributed by atoms with Crippen LogP contribution >= 0.6 is 7.82 Å². The van der Waals surface area contributed by atoms with Crippen LogP contribution in [-0.2, 0) is 42.2 Å². The van der Waals surface area contributed by atoms with E-state index in [9.17, 15) is 28.9 Å². The number of unbranched alkanes of at least 4 members (excludes halogenated alkanes) is 36. The molecule has 0 aromatic carbocycles. The molecular weight excluding hydrogens is 928 g/mol. The highest BCUT2D eigenvalue weighted by molar-refractivity contribution is 7.47. The van der Waals surface area contributed by atoms with E-state index in [2.05, 4.69) is 45.1 Å². The van der Waals surface area contributed by atoms with Crippen molar-refractivity contribution in [1.29, 1.82) is 0 Å². The van der Waals surface area contributed by atoms with Crippen LogP contribution in [0.4, 0.5) is 0 Å². The summed E-state index contributed by atoms with van der Waals surface area (Å²) in [5.41, 5.74) is 0. The average molecular weight is 1040 g/mol. The lowest BCUT2D eigenvalue weighted by Crippen LogP contribution is -2.30. The lowest BCUT2D eigenvalue weighted by Gasteiger charge is -2.21. The van der Waals surface area contributed by atoms with E-state index in [4.69, 9.17) is 23.3 Å². The number of carbonyl (C=O) groups is 3. The Hall–Kier alpha value is -2.04. The van der Waals surface area contributed by atoms with Crippen LogP contribution in [0.1, 0.15) is 303 Å². The van der Waals surface area contributed by atoms with Gasteiger partial charge in [-0.25, -0.2) is 4.57 Å². The maximum atomic E-state index is 12.9. The van der Waals surface area contributed by atoms with E-state index < -0.39 is 57.8 Å². The third-order valence-electron chi connectivity index (χ3n) is 13.4. The van der Waals surface area contributed by atoms with Crippen LogP contribution in [0.3, 0.4) is 0 Å². The molecule has 0 aliphatic heterocycles. The molecule has 0 saturated carbocycles. The highest BCUT2D eigenvalue weighted by atomic mass is 31.2. The summed E-state index contributed by atoms with van der Waals surface area (Å²) >= 11 is 0. The van der Waals surface area contributed by atoms with E-state index in [1.54, 1.807) is 0 Å². The molecule has 0 bridgehead atoms. The van der Waals surface area contributed by atoms with Gasteiger partial charge in [0, 0.05) is 19.3 Å². The molecule has 0 radical (unpaired) electrons. The normalized spacial score (nSPS) is 13.5. The second-order valence-corrected chi connectivity index (χ2v) is 22.0. The number of aliphatic hydroxyl groups is 1. The van der Waals surface area contributed by atoms with Gasteiger partial charge in [0.25, 0.3) is 0 Å². The third kappa shape index (κ3) is 52.8. The summed E-state index contributed by atoms with van der Waals surface area (Å²) in [5.74, 6) is -1.45. The predicted octanol–water partition coefficient (Wildman–Crippen LogP) is 17.8. The summed E-state index contributed by atoms with van der Waals surface area (Å²) in [6.07, 6.45) is 55.7. The molecule has 424 valence electrons. The zero-order valence-corrected chi connectivity index (χ0v) is 47.8. The SMILES string of the molecule is CCCCC/C=C\C/C=C\CCCCCCCC(=O)OC(COC(=O)CCCCCCCCCCCCCCCCCCCCC)COP(=O)(O)OCC(CO)OC(=O)CCCCCCCCCCCCC. The Bertz CT molecular complexity index is 1310. The van der Waals surface area contributed by atoms with E-state index in [0.717, 1.165) is 83.5 Å². The van der Waals surface area contributed by atoms with Crippen molar-refractivity contribution in [3.05, 3.63) is 24.3 Å². The van der Waals surface area contributed by atoms with Gasteiger partial charge in [-0.15, -0.1) is 0 Å². The Kier molecular flexibility index (Phi) is 53.6. The molecule has 0 aromatic rings. The second-order valence-electron chi connectivity index (χ2n) is 20.5. The molecule has 3 atom stereocenters. The topological polar surface area (TPSA) is 155 Å². The summed E-state index contributed by atoms with van der Waals surface area (Å²) in [6.45, 7) is 4.65. The molecule has 0 amide bonds. The quantitative estimate of drug-likeness (QED) is 0.0197. The maximum absolute atomic E-state index is 12.9. The molecule has 0 heterocycles. The van der Waals surface area contributed by atoms with Crippen molar-refractivity contribution in [2.24, 2.45) is 0 Å². The largest absolute Gasteiger partial charge is 0.472 e. The van der Waals surface area contributed by atoms with E-state index in [0.29, 0.717) is 19.3 Å². The smallest absolute Gasteiger partial charge is 0.462 e. The number of aliphatic hydroxyl groups excluding tert-OH is 1. The van der Waals surface area contributed by atoms with Gasteiger partial charge in [-0.3, -0.25) is 23.4 Å². The monoisotopic (exact) mass is 1040 g/mol. The average Bonchev–Trinajstić information content (AvgIpc) is 3.37. The van der Waals surface area contributed by atoms with Crippen molar-refractivity contribution in [3.8, 4) is 0 Å². The minimum atomic E-state index is -4.74. The van der Waals surface area contributed by atoms with E-state index in [-0.39, 0.29) is 25.9 Å². The summed E-state index contributed by atoms with van der Waals surface area (Å²) in [5, 5.41) is 9.80. The number of ether oxygens (including phenoxy) is 3. The van der Waals surface area contributed by atoms with Gasteiger partial charge in [-0.1, -0.05) is 257 Å². The minimum absolute atomic E-state index is 0.157. The molecule has 0 saturated heterocycles. The number of allylic oxidation sites excluding steroid dienone is 4. The molecule has 2 N–H and O–H groups in total. The summed E-state index contributed by atoms with van der Waals surface area (Å²) in [6, 6.07) is 0. The fraction of sp³-hybridized carbons (Fsp3) is 0.883. The van der Waals surface area contributed by atoms with Gasteiger partial charge in [0.1, 0.15) is 12.7 Å². The Morgan fingerprint density at radius 1 is 0.389 bits per heavy atom. The molecule has 12 heteroatoms. The third-order valence-corrected chi connectivity index (χ3v) is 14.3. The first-order chi connectivity index (χ1) is 35.2. The van der Waals surface area contributed by atoms with Gasteiger partial charge in [0.15, 0.2) is 6.10 Å². The van der Waals surface area contributed by atoms with Gasteiger partial charge in [-0.2, -0.15) is 0 Å². The fourth-order valence-electron chi connectivity index (χ4n) is 8.74. The van der Waals surface area contributed by atoms with Crippen molar-refractivity contribution < 1.29 is 52.2 Å². The summed E-state index contributed by atoms with van der Waals surface area (Å²) in [4.78, 5) is 48.5. The predicted molar refractivity (Wildman–Crippen MR) is 298 cm³/mol. The van der Waals surface area contributed by atoms with Crippen LogP contribution in [0.25, 0.3) is 0 Å². The first kappa shape index (κ1) is 70.0. The van der Waals surface area contributed by atoms with Gasteiger partial charge in [0.05, 0.1) is 19.8 Å². The first-order valence-corrected chi connectivity index (χ1v) is 31.7. The first-order valence-electron chi connectivity index (χ1n) is 30.2. The number of hydrogen-bond acceptors (Lipinski definition) is 10. The molecule has 0 rings (SSSR count). The number of rotatable bonds is 57. The Balaban J connectivity index is 4.66. The number of carbonyl (C=O) groups excluding carboxylic acids is 3. The summed E-state index contributed by atoms with van der Waals surface area (Å²) in [7, 11) is -4.74. The van der Waals surface area contributed by atoms with Gasteiger partial charge < -0.3 is 24.2 Å². The lowest BCUT2D eigenvalue weighted by molar-refractivity contribution is -0.161. The fourth-order valence-corrected chi connectivity index (χ4v) is 9.53. The van der Waals surface area contributed by atoms with Crippen LogP contribution in [-0.4, -0.2) is 66.5 Å². The number of hydrogen-bond donors (Lipinski definition) is 2. The lowest BCUT2D eigenvalue weighted by atomic mass is 10.0. The van der Waals surface area contributed by atoms with Crippen LogP contribution in [0.2, 0.25) is 0 Å². The molecule has 0 aromatic heterocycles. The van der Waals surface area contributed by atoms with Crippen LogP contribution in [0.15, 0.2) is 24.3 Å². The molecule has 0 aliphatic carbocycles. The number of phosphoric acid groups is 1. The van der Waals surface area contributed by atoms with E-state index >= 15 is 0 Å². The molecule has 3 unspecified atom stereocenters. The molecule has 72 heavy (non-hydrogen) atoms. The van der Waals surface area contributed by atoms with E-state index in [1.807, 2.05) is 0 Å². The van der Waals surface area contributed by atoms with Crippen LogP contribution in [0, 0.1) is 0 Å². The zero-order chi connectivity index (χ0) is 52.7. The Labute approximate surface area is 442 Å². The minimum Gasteiger partial charge on any atom is -0.462 e. The molecule has 0 aliphatic rings. The van der Waals surface area contributed by atoms with Crippen molar-refractivity contribution in [2.45, 2.75) is 315 Å². The highest BCUT2D eigenvalue weighted by Gasteiger charge is 2.28. The zero-order valence-electron chi connectivity index (χ0n) is 46.9. The Morgan fingerprint density at radius 3 is 1.06 bits per heavy atom. The molecule has 0 spiro atoms. The van der Waals surface area contributed by atoms with Gasteiger partial charge >= 0.3 is 25.7 Å². The second kappa shape index (κ2) is 55.2. The van der Waals surface area contributed by atoms with Crippen molar-refractivity contribution >= 4 is 25.7 Å². The number of esters is 3. The van der Waals surface area contributed by atoms with Gasteiger partial charge in [0.2, 0.25) is 0 Å². The van der Waals surface area contributed by atoms with Crippen molar-refractivity contribution in [2.75, 3.05) is 26.4 Å². The Morgan fingerprint density at radius 2 is 0.681 bits per heavy atom. The number of phosphoric ester groups is 1. The van der Waals surface area contributed by atoms with E-state index in [1.165, 1.54) is 161 Å². The molecule has 0 fully saturated rings. The maximum Gasteiger partial charge on any atom is 0.472 e.